The van der Waals surface area contributed by atoms with E-state index in [9.17, 15) is 22.8 Å². The Morgan fingerprint density at radius 3 is 2.26 bits per heavy atom. The van der Waals surface area contributed by atoms with Crippen LogP contribution in [-0.2, 0) is 24.4 Å². The minimum atomic E-state index is -4.48. The molecular formula is C15H11ClF3NO3. The molecule has 0 aliphatic carbocycles. The van der Waals surface area contributed by atoms with E-state index in [1.54, 1.807) is 0 Å². The third-order valence-electron chi connectivity index (χ3n) is 3.33. The molecule has 0 spiro atoms. The van der Waals surface area contributed by atoms with Gasteiger partial charge in [0.2, 0.25) is 5.78 Å². The van der Waals surface area contributed by atoms with Gasteiger partial charge in [0.1, 0.15) is 0 Å². The maximum absolute atomic E-state index is 12.5. The fourth-order valence-electron chi connectivity index (χ4n) is 2.13. The van der Waals surface area contributed by atoms with Gasteiger partial charge in [-0.2, -0.15) is 13.2 Å². The Bertz CT molecular complexity index is 764. The molecule has 0 aliphatic rings. The van der Waals surface area contributed by atoms with Gasteiger partial charge in [0.15, 0.2) is 0 Å². The maximum atomic E-state index is 12.5. The minimum absolute atomic E-state index is 0.0529. The molecule has 0 fully saturated rings. The van der Waals surface area contributed by atoms with Crippen molar-refractivity contribution in [3.05, 3.63) is 57.9 Å². The minimum Gasteiger partial charge on any atom is -0.481 e. The highest BCUT2D eigenvalue weighted by Crippen LogP contribution is 2.30. The predicted molar refractivity (Wildman–Crippen MR) is 76.6 cm³/mol. The standard InChI is InChI=1S/C15H11ClF3NO3/c1-20-11(7-13(21)22)10(16)6-12(20)14(23)8-2-4-9(5-3-8)15(17,18)19/h2-6H,7H2,1H3,(H,21,22). The predicted octanol–water partition coefficient (Wildman–Crippen LogP) is 3.56. The second-order valence-corrected chi connectivity index (χ2v) is 5.27. The maximum Gasteiger partial charge on any atom is 0.416 e. The molecule has 4 nitrogen and oxygen atoms in total. The molecule has 1 heterocycles. The molecule has 0 saturated heterocycles. The van der Waals surface area contributed by atoms with Crippen LogP contribution in [0.3, 0.4) is 0 Å². The zero-order valence-electron chi connectivity index (χ0n) is 11.8. The number of hydrogen-bond donors (Lipinski definition) is 1. The van der Waals surface area contributed by atoms with Crippen molar-refractivity contribution in [3.8, 4) is 0 Å². The SMILES string of the molecule is Cn1c(C(=O)c2ccc(C(F)(F)F)cc2)cc(Cl)c1CC(=O)O. The Labute approximate surface area is 134 Å². The highest BCUT2D eigenvalue weighted by molar-refractivity contribution is 6.32. The average Bonchev–Trinajstić information content (AvgIpc) is 2.73. The first-order valence-corrected chi connectivity index (χ1v) is 6.77. The van der Waals surface area contributed by atoms with Gasteiger partial charge in [0.05, 0.1) is 22.7 Å². The van der Waals surface area contributed by atoms with Crippen molar-refractivity contribution in [1.29, 1.82) is 0 Å². The van der Waals surface area contributed by atoms with Crippen molar-refractivity contribution >= 4 is 23.4 Å². The average molecular weight is 346 g/mol. The van der Waals surface area contributed by atoms with Crippen LogP contribution in [0.4, 0.5) is 13.2 Å². The summed E-state index contributed by atoms with van der Waals surface area (Å²) in [5.41, 5.74) is -0.455. The molecule has 23 heavy (non-hydrogen) atoms. The van der Waals surface area contributed by atoms with Crippen LogP contribution >= 0.6 is 11.6 Å². The Morgan fingerprint density at radius 1 is 1.22 bits per heavy atom. The van der Waals surface area contributed by atoms with Gasteiger partial charge < -0.3 is 9.67 Å². The lowest BCUT2D eigenvalue weighted by atomic mass is 10.1. The summed E-state index contributed by atoms with van der Waals surface area (Å²) < 4.78 is 38.9. The molecular weight excluding hydrogens is 335 g/mol. The van der Waals surface area contributed by atoms with E-state index in [0.29, 0.717) is 0 Å². The zero-order valence-corrected chi connectivity index (χ0v) is 12.6. The molecule has 2 rings (SSSR count). The van der Waals surface area contributed by atoms with Crippen LogP contribution in [0, 0.1) is 0 Å². The summed E-state index contributed by atoms with van der Waals surface area (Å²) in [7, 11) is 1.47. The summed E-state index contributed by atoms with van der Waals surface area (Å²) in [5, 5.41) is 8.94. The third kappa shape index (κ3) is 3.56. The largest absolute Gasteiger partial charge is 0.481 e. The number of benzene rings is 1. The van der Waals surface area contributed by atoms with Crippen LogP contribution in [0.15, 0.2) is 30.3 Å². The lowest BCUT2D eigenvalue weighted by Gasteiger charge is -2.08. The molecule has 0 amide bonds. The molecule has 1 aromatic carbocycles. The second-order valence-electron chi connectivity index (χ2n) is 4.86. The van der Waals surface area contributed by atoms with Crippen LogP contribution in [0.25, 0.3) is 0 Å². The third-order valence-corrected chi connectivity index (χ3v) is 3.66. The Balaban J connectivity index is 2.36. The number of carboxylic acids is 1. The van der Waals surface area contributed by atoms with Crippen molar-refractivity contribution in [2.45, 2.75) is 12.6 Å². The number of alkyl halides is 3. The van der Waals surface area contributed by atoms with Gasteiger partial charge in [-0.1, -0.05) is 23.7 Å². The lowest BCUT2D eigenvalue weighted by Crippen LogP contribution is -2.12. The number of rotatable bonds is 4. The number of carboxylic acid groups (broad SMARTS) is 1. The highest BCUT2D eigenvalue weighted by Gasteiger charge is 2.30. The topological polar surface area (TPSA) is 59.3 Å². The van der Waals surface area contributed by atoms with E-state index in [1.165, 1.54) is 17.7 Å². The fourth-order valence-corrected chi connectivity index (χ4v) is 2.43. The number of ketones is 1. The molecule has 0 bridgehead atoms. The Morgan fingerprint density at radius 2 is 1.78 bits per heavy atom. The first-order chi connectivity index (χ1) is 10.6. The van der Waals surface area contributed by atoms with Crippen LogP contribution in [0.5, 0.6) is 0 Å². The summed E-state index contributed by atoms with van der Waals surface area (Å²) in [6.45, 7) is 0. The molecule has 0 radical (unpaired) electrons. The molecule has 1 N–H and O–H groups in total. The Hall–Kier alpha value is -2.28. The van der Waals surface area contributed by atoms with Crippen molar-refractivity contribution in [1.82, 2.24) is 4.57 Å². The molecule has 0 atom stereocenters. The zero-order chi connectivity index (χ0) is 17.4. The van der Waals surface area contributed by atoms with Crippen LogP contribution in [0.2, 0.25) is 5.02 Å². The highest BCUT2D eigenvalue weighted by atomic mass is 35.5. The van der Waals surface area contributed by atoms with Gasteiger partial charge in [-0.3, -0.25) is 9.59 Å². The van der Waals surface area contributed by atoms with Crippen molar-refractivity contribution in [2.24, 2.45) is 7.05 Å². The number of aromatic nitrogens is 1. The summed E-state index contributed by atoms with van der Waals surface area (Å²) in [4.78, 5) is 23.2. The smallest absolute Gasteiger partial charge is 0.416 e. The first kappa shape index (κ1) is 17.1. The summed E-state index contributed by atoms with van der Waals surface area (Å²) in [5.74, 6) is -1.65. The lowest BCUT2D eigenvalue weighted by molar-refractivity contribution is -0.138. The van der Waals surface area contributed by atoms with Crippen molar-refractivity contribution < 1.29 is 27.9 Å². The number of hydrogen-bond acceptors (Lipinski definition) is 2. The number of carbonyl (C=O) groups excluding carboxylic acids is 1. The van der Waals surface area contributed by atoms with E-state index in [-0.39, 0.29) is 28.4 Å². The van der Waals surface area contributed by atoms with E-state index < -0.39 is 23.5 Å². The van der Waals surface area contributed by atoms with Crippen LogP contribution in [0.1, 0.15) is 27.3 Å². The number of nitrogens with zero attached hydrogens (tertiary/aromatic N) is 1. The van der Waals surface area contributed by atoms with Gasteiger partial charge in [-0.15, -0.1) is 0 Å². The number of halogens is 4. The molecule has 0 unspecified atom stereocenters. The molecule has 0 saturated carbocycles. The van der Waals surface area contributed by atoms with Crippen molar-refractivity contribution in [3.63, 3.8) is 0 Å². The van der Waals surface area contributed by atoms with Crippen LogP contribution in [-0.4, -0.2) is 21.4 Å². The second kappa shape index (κ2) is 6.08. The summed E-state index contributed by atoms with van der Waals surface area (Å²) in [6, 6.07) is 5.08. The Kier molecular flexibility index (Phi) is 4.51. The quantitative estimate of drug-likeness (QED) is 0.862. The monoisotopic (exact) mass is 345 g/mol. The van der Waals surface area contributed by atoms with Gasteiger partial charge in [0, 0.05) is 18.3 Å². The fraction of sp³-hybridized carbons (Fsp3) is 0.200. The van der Waals surface area contributed by atoms with E-state index in [4.69, 9.17) is 16.7 Å². The van der Waals surface area contributed by atoms with E-state index in [0.717, 1.165) is 24.3 Å². The molecule has 2 aromatic rings. The molecule has 0 aliphatic heterocycles. The number of aliphatic carboxylic acids is 1. The normalized spacial score (nSPS) is 11.5. The number of carbonyl (C=O) groups is 2. The van der Waals surface area contributed by atoms with E-state index in [1.807, 2.05) is 0 Å². The van der Waals surface area contributed by atoms with Gasteiger partial charge in [-0.05, 0) is 18.2 Å². The van der Waals surface area contributed by atoms with Crippen molar-refractivity contribution in [2.75, 3.05) is 0 Å². The van der Waals surface area contributed by atoms with Gasteiger partial charge in [0.25, 0.3) is 0 Å². The van der Waals surface area contributed by atoms with Gasteiger partial charge in [-0.25, -0.2) is 0 Å². The summed E-state index contributed by atoms with van der Waals surface area (Å²) in [6.07, 6.45) is -4.85. The van der Waals surface area contributed by atoms with Crippen LogP contribution < -0.4 is 0 Å². The summed E-state index contributed by atoms with van der Waals surface area (Å²) >= 11 is 5.93. The molecule has 1 aromatic heterocycles. The molecule has 8 heteroatoms. The van der Waals surface area contributed by atoms with E-state index in [2.05, 4.69) is 0 Å². The molecule has 122 valence electrons. The van der Waals surface area contributed by atoms with Gasteiger partial charge >= 0.3 is 12.1 Å². The van der Waals surface area contributed by atoms with E-state index >= 15 is 0 Å². The first-order valence-electron chi connectivity index (χ1n) is 6.39.